The van der Waals surface area contributed by atoms with Crippen LogP contribution in [0.3, 0.4) is 0 Å². The molecule has 1 N–H and O–H groups in total. The standard InChI is InChI=1S/C17H26N2OS/c1-11(2)10-13-17(20)19(14-7-4-6-12(14)3)16(18-13)15-8-5-9-21-15/h5,8-9,11-14,16,18H,4,6-7,10H2,1-3H3. The van der Waals surface area contributed by atoms with Crippen molar-refractivity contribution >= 4 is 17.2 Å². The zero-order chi connectivity index (χ0) is 15.0. The fraction of sp³-hybridized carbons (Fsp3) is 0.706. The van der Waals surface area contributed by atoms with Crippen molar-refractivity contribution in [3.63, 3.8) is 0 Å². The molecule has 4 unspecified atom stereocenters. The van der Waals surface area contributed by atoms with Crippen molar-refractivity contribution in [3.8, 4) is 0 Å². The lowest BCUT2D eigenvalue weighted by atomic mass is 10.0. The van der Waals surface area contributed by atoms with Crippen LogP contribution >= 0.6 is 11.3 Å². The summed E-state index contributed by atoms with van der Waals surface area (Å²) in [7, 11) is 0. The molecule has 2 aliphatic rings. The summed E-state index contributed by atoms with van der Waals surface area (Å²) in [6.07, 6.45) is 4.68. The predicted octanol–water partition coefficient (Wildman–Crippen LogP) is 3.78. The smallest absolute Gasteiger partial charge is 0.241 e. The first-order valence-corrected chi connectivity index (χ1v) is 9.07. The Morgan fingerprint density at radius 2 is 2.24 bits per heavy atom. The summed E-state index contributed by atoms with van der Waals surface area (Å²) in [5, 5.41) is 5.71. The number of thiophene rings is 1. The van der Waals surface area contributed by atoms with Crippen molar-refractivity contribution in [1.82, 2.24) is 10.2 Å². The van der Waals surface area contributed by atoms with Crippen molar-refractivity contribution < 1.29 is 4.79 Å². The highest BCUT2D eigenvalue weighted by molar-refractivity contribution is 7.10. The third-order valence-corrected chi connectivity index (χ3v) is 5.81. The molecule has 116 valence electrons. The number of nitrogens with zero attached hydrogens (tertiary/aromatic N) is 1. The molecule has 1 aliphatic carbocycles. The van der Waals surface area contributed by atoms with Gasteiger partial charge in [0.1, 0.15) is 6.17 Å². The Labute approximate surface area is 131 Å². The molecule has 1 amide bonds. The molecule has 1 aromatic heterocycles. The fourth-order valence-electron chi connectivity index (χ4n) is 3.85. The molecule has 0 spiro atoms. The molecule has 21 heavy (non-hydrogen) atoms. The van der Waals surface area contributed by atoms with Gasteiger partial charge in [0.2, 0.25) is 5.91 Å². The van der Waals surface area contributed by atoms with Crippen LogP contribution in [0.2, 0.25) is 0 Å². The van der Waals surface area contributed by atoms with Gasteiger partial charge < -0.3 is 4.90 Å². The monoisotopic (exact) mass is 306 g/mol. The van der Waals surface area contributed by atoms with Gasteiger partial charge in [-0.2, -0.15) is 0 Å². The van der Waals surface area contributed by atoms with E-state index in [1.807, 2.05) is 0 Å². The Balaban J connectivity index is 1.87. The van der Waals surface area contributed by atoms with Crippen LogP contribution in [-0.2, 0) is 4.79 Å². The SMILES string of the molecule is CC(C)CC1NC(c2cccs2)N(C2CCCC2C)C1=O. The quantitative estimate of drug-likeness (QED) is 0.918. The lowest BCUT2D eigenvalue weighted by molar-refractivity contribution is -0.133. The van der Waals surface area contributed by atoms with Crippen LogP contribution < -0.4 is 5.32 Å². The molecule has 1 aliphatic heterocycles. The lowest BCUT2D eigenvalue weighted by Crippen LogP contribution is -2.41. The molecule has 1 saturated heterocycles. The van der Waals surface area contributed by atoms with Gasteiger partial charge in [0, 0.05) is 10.9 Å². The van der Waals surface area contributed by atoms with Gasteiger partial charge in [0.05, 0.1) is 6.04 Å². The average molecular weight is 306 g/mol. The first kappa shape index (κ1) is 15.0. The number of carbonyl (C=O) groups is 1. The summed E-state index contributed by atoms with van der Waals surface area (Å²) >= 11 is 1.75. The molecule has 4 atom stereocenters. The number of rotatable bonds is 4. The fourth-order valence-corrected chi connectivity index (χ4v) is 4.63. The average Bonchev–Trinajstić information content (AvgIpc) is 3.12. The molecular weight excluding hydrogens is 280 g/mol. The minimum absolute atomic E-state index is 0.00935. The maximum absolute atomic E-state index is 12.9. The van der Waals surface area contributed by atoms with E-state index in [-0.39, 0.29) is 12.2 Å². The third-order valence-electron chi connectivity index (χ3n) is 4.88. The molecule has 4 heteroatoms. The van der Waals surface area contributed by atoms with Gasteiger partial charge >= 0.3 is 0 Å². The molecule has 0 radical (unpaired) electrons. The molecule has 1 aromatic rings. The summed E-state index contributed by atoms with van der Waals surface area (Å²) in [4.78, 5) is 16.4. The summed E-state index contributed by atoms with van der Waals surface area (Å²) in [5.41, 5.74) is 0. The van der Waals surface area contributed by atoms with E-state index in [4.69, 9.17) is 0 Å². The van der Waals surface area contributed by atoms with Crippen molar-refractivity contribution in [1.29, 1.82) is 0 Å². The Bertz CT molecular complexity index is 485. The lowest BCUT2D eigenvalue weighted by Gasteiger charge is -2.32. The largest absolute Gasteiger partial charge is 0.317 e. The van der Waals surface area contributed by atoms with Gasteiger partial charge in [-0.05, 0) is 42.5 Å². The van der Waals surface area contributed by atoms with Crippen LogP contribution in [0.25, 0.3) is 0 Å². The van der Waals surface area contributed by atoms with Gasteiger partial charge in [-0.1, -0.05) is 33.3 Å². The molecule has 2 fully saturated rings. The number of hydrogen-bond donors (Lipinski definition) is 1. The van der Waals surface area contributed by atoms with Crippen LogP contribution in [-0.4, -0.2) is 22.9 Å². The number of hydrogen-bond acceptors (Lipinski definition) is 3. The van der Waals surface area contributed by atoms with E-state index in [2.05, 4.69) is 48.5 Å². The van der Waals surface area contributed by atoms with Gasteiger partial charge in [-0.15, -0.1) is 11.3 Å². The molecule has 0 bridgehead atoms. The van der Waals surface area contributed by atoms with Crippen LogP contribution in [0, 0.1) is 11.8 Å². The molecule has 1 saturated carbocycles. The topological polar surface area (TPSA) is 32.3 Å². The van der Waals surface area contributed by atoms with E-state index < -0.39 is 0 Å². The summed E-state index contributed by atoms with van der Waals surface area (Å²) < 4.78 is 0. The van der Waals surface area contributed by atoms with E-state index in [1.54, 1.807) is 11.3 Å². The normalized spacial score (nSPS) is 33.3. The highest BCUT2D eigenvalue weighted by Gasteiger charge is 2.45. The highest BCUT2D eigenvalue weighted by atomic mass is 32.1. The first-order chi connectivity index (χ1) is 10.1. The van der Waals surface area contributed by atoms with Crippen LogP contribution in [0.4, 0.5) is 0 Å². The second-order valence-corrected chi connectivity index (χ2v) is 7.97. The maximum atomic E-state index is 12.9. The third kappa shape index (κ3) is 2.88. The first-order valence-electron chi connectivity index (χ1n) is 8.19. The van der Waals surface area contributed by atoms with E-state index in [0.717, 1.165) is 12.8 Å². The number of nitrogens with one attached hydrogen (secondary N) is 1. The van der Waals surface area contributed by atoms with E-state index in [1.165, 1.54) is 17.7 Å². The Morgan fingerprint density at radius 3 is 2.81 bits per heavy atom. The van der Waals surface area contributed by atoms with Crippen LogP contribution in [0.5, 0.6) is 0 Å². The summed E-state index contributed by atoms with van der Waals surface area (Å²) in [6, 6.07) is 4.64. The Kier molecular flexibility index (Phi) is 4.36. The molecular formula is C17H26N2OS. The van der Waals surface area contributed by atoms with Gasteiger partial charge in [0.25, 0.3) is 0 Å². The van der Waals surface area contributed by atoms with Crippen LogP contribution in [0.15, 0.2) is 17.5 Å². The second-order valence-electron chi connectivity index (χ2n) is 6.99. The van der Waals surface area contributed by atoms with Crippen molar-refractivity contribution in [2.24, 2.45) is 11.8 Å². The number of amides is 1. The Morgan fingerprint density at radius 1 is 1.43 bits per heavy atom. The summed E-state index contributed by atoms with van der Waals surface area (Å²) in [6.45, 7) is 6.68. The highest BCUT2D eigenvalue weighted by Crippen LogP contribution is 2.39. The second kappa shape index (κ2) is 6.09. The van der Waals surface area contributed by atoms with E-state index >= 15 is 0 Å². The van der Waals surface area contributed by atoms with E-state index in [9.17, 15) is 4.79 Å². The maximum Gasteiger partial charge on any atom is 0.241 e. The molecule has 3 nitrogen and oxygen atoms in total. The molecule has 2 heterocycles. The van der Waals surface area contributed by atoms with Gasteiger partial charge in [-0.3, -0.25) is 10.1 Å². The number of carbonyl (C=O) groups excluding carboxylic acids is 1. The summed E-state index contributed by atoms with van der Waals surface area (Å²) in [5.74, 6) is 1.48. The molecule has 0 aromatic carbocycles. The van der Waals surface area contributed by atoms with Crippen LogP contribution in [0.1, 0.15) is 57.5 Å². The van der Waals surface area contributed by atoms with Gasteiger partial charge in [-0.25, -0.2) is 0 Å². The zero-order valence-electron chi connectivity index (χ0n) is 13.2. The minimum atomic E-state index is -0.00935. The predicted molar refractivity (Wildman–Crippen MR) is 87.1 cm³/mol. The van der Waals surface area contributed by atoms with Crippen molar-refractivity contribution in [2.75, 3.05) is 0 Å². The zero-order valence-corrected chi connectivity index (χ0v) is 14.0. The van der Waals surface area contributed by atoms with Crippen molar-refractivity contribution in [2.45, 2.75) is 64.7 Å². The van der Waals surface area contributed by atoms with E-state index in [0.29, 0.717) is 23.8 Å². The molecule has 3 rings (SSSR count). The Hall–Kier alpha value is -0.870. The van der Waals surface area contributed by atoms with Crippen molar-refractivity contribution in [3.05, 3.63) is 22.4 Å². The van der Waals surface area contributed by atoms with Gasteiger partial charge in [0.15, 0.2) is 0 Å². The minimum Gasteiger partial charge on any atom is -0.317 e.